The van der Waals surface area contributed by atoms with Gasteiger partial charge in [0.15, 0.2) is 5.82 Å². The maximum atomic E-state index is 16.8. The first-order valence-corrected chi connectivity index (χ1v) is 15.0. The van der Waals surface area contributed by atoms with Gasteiger partial charge in [-0.2, -0.15) is 9.97 Å². The number of anilines is 1. The number of ether oxygens (including phenoxy) is 1. The molecule has 2 fully saturated rings. The number of fused-ring (bicyclic) bond motifs is 2. The summed E-state index contributed by atoms with van der Waals surface area (Å²) in [5.41, 5.74) is 0.275. The van der Waals surface area contributed by atoms with Gasteiger partial charge in [0, 0.05) is 54.6 Å². The second-order valence-electron chi connectivity index (χ2n) is 11.3. The van der Waals surface area contributed by atoms with Crippen LogP contribution in [0.15, 0.2) is 49.1 Å². The summed E-state index contributed by atoms with van der Waals surface area (Å²) in [4.78, 5) is 27.0. The molecule has 2 saturated heterocycles. The van der Waals surface area contributed by atoms with Gasteiger partial charge in [-0.25, -0.2) is 13.2 Å². The molecular weight excluding hydrogens is 614 g/mol. The first-order valence-electron chi connectivity index (χ1n) is 14.3. The Hall–Kier alpha value is -3.60. The fourth-order valence-corrected chi connectivity index (χ4v) is 6.75. The molecule has 1 aromatic heterocycles. The van der Waals surface area contributed by atoms with Crippen LogP contribution in [0.4, 0.5) is 19.0 Å². The summed E-state index contributed by atoms with van der Waals surface area (Å²) in [6.07, 6.45) is 0.620. The van der Waals surface area contributed by atoms with E-state index in [2.05, 4.69) is 11.6 Å². The number of carbonyl (C=O) groups is 1. The van der Waals surface area contributed by atoms with Gasteiger partial charge in [0.25, 0.3) is 0 Å². The molecule has 3 atom stereocenters. The molecule has 2 aliphatic heterocycles. The van der Waals surface area contributed by atoms with Crippen molar-refractivity contribution in [2.75, 3.05) is 44.7 Å². The lowest BCUT2D eigenvalue weighted by Crippen LogP contribution is -2.53. The van der Waals surface area contributed by atoms with Crippen LogP contribution in [0.1, 0.15) is 13.3 Å². The van der Waals surface area contributed by atoms with Gasteiger partial charge in [-0.3, -0.25) is 9.69 Å². The zero-order valence-corrected chi connectivity index (χ0v) is 25.7. The number of carbonyl (C=O) groups excluding carboxylic acids is 1. The maximum Gasteiger partial charge on any atom is 0.319 e. The lowest BCUT2D eigenvalue weighted by atomic mass is 9.96. The van der Waals surface area contributed by atoms with E-state index in [9.17, 15) is 13.6 Å². The van der Waals surface area contributed by atoms with Crippen molar-refractivity contribution in [1.82, 2.24) is 19.8 Å². The molecular formula is C32H30Cl2F3N5O2. The summed E-state index contributed by atoms with van der Waals surface area (Å²) >= 11 is 13.2. The van der Waals surface area contributed by atoms with Crippen LogP contribution < -0.4 is 9.64 Å². The molecule has 0 aliphatic carbocycles. The number of likely N-dealkylation sites (N-methyl/N-ethyl adjacent to an activating group) is 1. The lowest BCUT2D eigenvalue weighted by molar-refractivity contribution is -0.126. The predicted octanol–water partition coefficient (Wildman–Crippen LogP) is 6.68. The normalized spacial score (nSPS) is 20.9. The first kappa shape index (κ1) is 30.4. The average molecular weight is 645 g/mol. The Balaban J connectivity index is 1.50. The molecule has 6 rings (SSSR count). The van der Waals surface area contributed by atoms with E-state index in [0.29, 0.717) is 60.1 Å². The first-order chi connectivity index (χ1) is 21.1. The second-order valence-corrected chi connectivity index (χ2v) is 12.1. The van der Waals surface area contributed by atoms with Crippen molar-refractivity contribution in [1.29, 1.82) is 0 Å². The number of piperazine rings is 1. The molecule has 0 N–H and O–H groups in total. The van der Waals surface area contributed by atoms with Crippen LogP contribution in [0.25, 0.3) is 32.8 Å². The van der Waals surface area contributed by atoms with Crippen LogP contribution in [0.5, 0.6) is 6.01 Å². The number of benzene rings is 3. The molecule has 3 heterocycles. The number of hydrogen-bond donors (Lipinski definition) is 0. The van der Waals surface area contributed by atoms with E-state index in [1.54, 1.807) is 35.2 Å². The minimum atomic E-state index is -0.961. The van der Waals surface area contributed by atoms with Gasteiger partial charge >= 0.3 is 6.01 Å². The highest BCUT2D eigenvalue weighted by Gasteiger charge is 2.32. The van der Waals surface area contributed by atoms with Crippen molar-refractivity contribution in [2.24, 2.45) is 0 Å². The highest BCUT2D eigenvalue weighted by Crippen LogP contribution is 2.43. The van der Waals surface area contributed by atoms with Gasteiger partial charge in [0.05, 0.1) is 10.0 Å². The van der Waals surface area contributed by atoms with Crippen LogP contribution in [0.2, 0.25) is 10.0 Å². The molecule has 44 heavy (non-hydrogen) atoms. The predicted molar refractivity (Wildman–Crippen MR) is 167 cm³/mol. The number of likely N-dealkylation sites (tertiary alicyclic amines) is 1. The zero-order chi connectivity index (χ0) is 31.3. The van der Waals surface area contributed by atoms with Crippen molar-refractivity contribution >= 4 is 56.6 Å². The molecule has 230 valence electrons. The van der Waals surface area contributed by atoms with Gasteiger partial charge in [0.2, 0.25) is 5.91 Å². The average Bonchev–Trinajstić information content (AvgIpc) is 3.33. The fraction of sp³-hybridized carbons (Fsp3) is 0.344. The van der Waals surface area contributed by atoms with Gasteiger partial charge in [0.1, 0.15) is 29.9 Å². The molecule has 0 spiro atoms. The lowest BCUT2D eigenvalue weighted by Gasteiger charge is -2.40. The molecule has 12 heteroatoms. The fourth-order valence-electron chi connectivity index (χ4n) is 6.19. The Bertz CT molecular complexity index is 1790. The minimum absolute atomic E-state index is 0.0121. The number of amides is 1. The number of rotatable bonds is 6. The van der Waals surface area contributed by atoms with Crippen molar-refractivity contribution in [3.8, 4) is 17.1 Å². The molecule has 1 amide bonds. The number of nitrogens with zero attached hydrogens (tertiary/aromatic N) is 5. The molecule has 0 bridgehead atoms. The third-order valence-electron chi connectivity index (χ3n) is 8.47. The van der Waals surface area contributed by atoms with Gasteiger partial charge in [-0.15, -0.1) is 0 Å². The minimum Gasteiger partial charge on any atom is -0.462 e. The standard InChI is InChI=1S/C32H30Cl2F3N5O2/c1-4-25(43)41-10-11-42(17(2)14-41)31-22-13-23(33)27(21-7-5-6-18-8-9-24(36)28(34)26(18)21)29(37)30(22)38-32(39-31)44-16-20-12-19(35)15-40(20)3/h4-9,13,17,19-20H,1,10-12,14-16H2,2-3H3/t17-,19+,20-/m0/s1. The highest BCUT2D eigenvalue weighted by molar-refractivity contribution is 6.38. The molecule has 0 unspecified atom stereocenters. The number of aromatic nitrogens is 2. The second kappa shape index (κ2) is 12.1. The smallest absolute Gasteiger partial charge is 0.319 e. The Morgan fingerprint density at radius 2 is 1.95 bits per heavy atom. The zero-order valence-electron chi connectivity index (χ0n) is 24.2. The molecule has 3 aromatic carbocycles. The largest absolute Gasteiger partial charge is 0.462 e. The number of alkyl halides is 1. The highest BCUT2D eigenvalue weighted by atomic mass is 35.5. The molecule has 0 saturated carbocycles. The molecule has 2 aliphatic rings. The van der Waals surface area contributed by atoms with Gasteiger partial charge in [-0.05, 0) is 49.6 Å². The van der Waals surface area contributed by atoms with E-state index < -0.39 is 17.8 Å². The summed E-state index contributed by atoms with van der Waals surface area (Å²) in [5, 5.41) is 1.20. The van der Waals surface area contributed by atoms with Crippen molar-refractivity contribution in [2.45, 2.75) is 31.6 Å². The summed E-state index contributed by atoms with van der Waals surface area (Å²) in [6.45, 7) is 7.12. The van der Waals surface area contributed by atoms with Crippen LogP contribution in [-0.2, 0) is 4.79 Å². The summed E-state index contributed by atoms with van der Waals surface area (Å²) in [5.74, 6) is -1.17. The summed E-state index contributed by atoms with van der Waals surface area (Å²) in [7, 11) is 1.82. The quantitative estimate of drug-likeness (QED) is 0.219. The van der Waals surface area contributed by atoms with Crippen LogP contribution >= 0.6 is 23.2 Å². The monoisotopic (exact) mass is 643 g/mol. The number of hydrogen-bond acceptors (Lipinski definition) is 6. The van der Waals surface area contributed by atoms with E-state index in [4.69, 9.17) is 32.9 Å². The van der Waals surface area contributed by atoms with Crippen LogP contribution in [0.3, 0.4) is 0 Å². The number of halogens is 5. The van der Waals surface area contributed by atoms with Gasteiger partial charge in [-0.1, -0.05) is 54.0 Å². The van der Waals surface area contributed by atoms with Crippen LogP contribution in [0, 0.1) is 11.6 Å². The third kappa shape index (κ3) is 5.44. The van der Waals surface area contributed by atoms with Crippen molar-refractivity contribution < 1.29 is 22.7 Å². The Morgan fingerprint density at radius 3 is 2.66 bits per heavy atom. The van der Waals surface area contributed by atoms with Crippen molar-refractivity contribution in [3.63, 3.8) is 0 Å². The topological polar surface area (TPSA) is 61.8 Å². The Morgan fingerprint density at radius 1 is 1.16 bits per heavy atom. The van der Waals surface area contributed by atoms with Crippen LogP contribution in [-0.4, -0.2) is 83.8 Å². The van der Waals surface area contributed by atoms with Crippen molar-refractivity contribution in [3.05, 3.63) is 70.7 Å². The Labute approximate surface area is 262 Å². The molecule has 0 radical (unpaired) electrons. The summed E-state index contributed by atoms with van der Waals surface area (Å²) < 4.78 is 51.3. The molecule has 7 nitrogen and oxygen atoms in total. The SMILES string of the molecule is C=CC(=O)N1CCN(c2nc(OC[C@@H]3C[C@@H](F)CN3C)nc3c(F)c(-c4cccc5ccc(F)c(Cl)c45)c(Cl)cc23)[C@@H](C)C1. The van der Waals surface area contributed by atoms with Gasteiger partial charge < -0.3 is 14.5 Å². The van der Waals surface area contributed by atoms with E-state index in [0.717, 1.165) is 0 Å². The maximum absolute atomic E-state index is 16.8. The van der Waals surface area contributed by atoms with E-state index >= 15 is 4.39 Å². The van der Waals surface area contributed by atoms with E-state index in [1.165, 1.54) is 12.1 Å². The van der Waals surface area contributed by atoms with E-state index in [1.807, 2.05) is 23.8 Å². The third-order valence-corrected chi connectivity index (χ3v) is 9.14. The molecule has 4 aromatic rings. The Kier molecular flexibility index (Phi) is 8.34. The van der Waals surface area contributed by atoms with E-state index in [-0.39, 0.29) is 51.7 Å². The summed E-state index contributed by atoms with van der Waals surface area (Å²) in [6, 6.07) is 9.04.